The molecule has 17 heteroatoms. The van der Waals surface area contributed by atoms with E-state index in [4.69, 9.17) is 10.5 Å². The first-order valence-corrected chi connectivity index (χ1v) is 2.33. The Bertz CT molecular complexity index is 93.1. The third kappa shape index (κ3) is 23.0. The normalized spacial score (nSPS) is 9.53. The summed E-state index contributed by atoms with van der Waals surface area (Å²) in [7, 11) is 0. The molecule has 0 fully saturated rings. The maximum absolute atomic E-state index is 9.02. The summed E-state index contributed by atoms with van der Waals surface area (Å²) in [5, 5.41) is 59.5. The van der Waals surface area contributed by atoms with Crippen molar-refractivity contribution in [2.45, 2.75) is 0 Å². The summed E-state index contributed by atoms with van der Waals surface area (Å²) in [6, 6.07) is 0. The second kappa shape index (κ2) is 22.6. The van der Waals surface area contributed by atoms with Crippen molar-refractivity contribution < 1.29 is 135 Å². The van der Waals surface area contributed by atoms with Crippen LogP contribution in [0.25, 0.3) is 0 Å². The summed E-state index contributed by atoms with van der Waals surface area (Å²) in [6.07, 6.45) is 0. The fourth-order valence-corrected chi connectivity index (χ4v) is 0.125. The summed E-state index contributed by atoms with van der Waals surface area (Å²) in [5.41, 5.74) is 0. The molecule has 0 rings (SSSR count). The van der Waals surface area contributed by atoms with Gasteiger partial charge in [0.1, 0.15) is 0 Å². The molecule has 0 heterocycles. The average molecular weight is 286 g/mol. The van der Waals surface area contributed by atoms with Crippen LogP contribution < -0.4 is 69.6 Å². The minimum Gasteiger partial charge on any atom is -0.689 e. The first-order chi connectivity index (χ1) is 7.41. The van der Waals surface area contributed by atoms with E-state index in [0.717, 1.165) is 0 Å². The topological polar surface area (TPSA) is 166 Å². The van der Waals surface area contributed by atoms with Crippen molar-refractivity contribution in [2.24, 2.45) is 0 Å². The summed E-state index contributed by atoms with van der Waals surface area (Å²) in [4.78, 5) is 0. The Labute approximate surface area is 134 Å². The predicted octanol–water partition coefficient (Wildman–Crippen LogP) is -9.26. The van der Waals surface area contributed by atoms with Crippen LogP contribution in [0.5, 0.6) is 0 Å². The van der Waals surface area contributed by atoms with E-state index in [1.165, 1.54) is 0 Å². The third-order valence-electron chi connectivity index (χ3n) is 0.333. The molecule has 0 atom stereocenters. The summed E-state index contributed by atoms with van der Waals surface area (Å²) >= 11 is 0. The number of hydrogen-bond donors (Lipinski definition) is 0. The Kier molecular flexibility index (Phi) is 31.2. The van der Waals surface area contributed by atoms with Crippen LogP contribution in [0.15, 0.2) is 0 Å². The van der Waals surface area contributed by atoms with Gasteiger partial charge in [-0.3, -0.25) is 10.1 Å². The molecule has 0 aliphatic rings. The van der Waals surface area contributed by atoms with Gasteiger partial charge in [-0.1, -0.05) is 0 Å². The van der Waals surface area contributed by atoms with E-state index in [2.05, 4.69) is 65.5 Å². The minimum absolute atomic E-state index is 0. The van der Waals surface area contributed by atoms with E-state index >= 15 is 0 Å². The number of hydrogen-bond acceptors (Lipinski definition) is 15. The first-order valence-electron chi connectivity index (χ1n) is 2.33. The molecule has 0 saturated heterocycles. The molecular weight excluding hydrogens is 286 g/mol. The molecule has 0 aliphatic carbocycles. The molecule has 92 valence electrons. The van der Waals surface area contributed by atoms with E-state index in [1.54, 1.807) is 0 Å². The van der Waals surface area contributed by atoms with Crippen molar-refractivity contribution in [3.63, 3.8) is 0 Å². The second-order valence-corrected chi connectivity index (χ2v) is 0.885. The molecule has 0 saturated carbocycles. The quantitative estimate of drug-likeness (QED) is 0.143. The second-order valence-electron chi connectivity index (χ2n) is 0.885. The van der Waals surface area contributed by atoms with Gasteiger partial charge in [-0.05, 0) is 55.4 Å². The molecule has 0 N–H and O–H groups in total. The molecular formula is Na2O15. The van der Waals surface area contributed by atoms with Gasteiger partial charge in [0.15, 0.2) is 0 Å². The van der Waals surface area contributed by atoms with Crippen LogP contribution in [-0.2, 0) is 65.5 Å². The Morgan fingerprint density at radius 3 is 0.706 bits per heavy atom. The van der Waals surface area contributed by atoms with Gasteiger partial charge in [0.25, 0.3) is 0 Å². The van der Waals surface area contributed by atoms with E-state index in [1.807, 2.05) is 0 Å². The van der Waals surface area contributed by atoms with Gasteiger partial charge in [-0.2, -0.15) is 0 Å². The van der Waals surface area contributed by atoms with Crippen molar-refractivity contribution in [3.05, 3.63) is 0 Å². The van der Waals surface area contributed by atoms with Crippen molar-refractivity contribution in [1.82, 2.24) is 0 Å². The van der Waals surface area contributed by atoms with Crippen LogP contribution in [0.1, 0.15) is 0 Å². The molecule has 0 amide bonds. The van der Waals surface area contributed by atoms with Gasteiger partial charge in [-0.25, -0.2) is 0 Å². The van der Waals surface area contributed by atoms with Crippen LogP contribution in [0.4, 0.5) is 0 Å². The van der Waals surface area contributed by atoms with Crippen molar-refractivity contribution >= 4 is 0 Å². The monoisotopic (exact) mass is 286 g/mol. The van der Waals surface area contributed by atoms with Gasteiger partial charge in [-0.15, -0.1) is 0 Å². The summed E-state index contributed by atoms with van der Waals surface area (Å²) in [6.45, 7) is 0. The van der Waals surface area contributed by atoms with Crippen LogP contribution in [0, 0.1) is 0 Å². The fraction of sp³-hybridized carbons (Fsp3) is 0. The van der Waals surface area contributed by atoms with Crippen LogP contribution in [0.2, 0.25) is 0 Å². The zero-order chi connectivity index (χ0) is 11.2. The van der Waals surface area contributed by atoms with Crippen LogP contribution >= 0.6 is 0 Å². The Morgan fingerprint density at radius 2 is 0.529 bits per heavy atom. The third-order valence-corrected chi connectivity index (χ3v) is 0.333. The van der Waals surface area contributed by atoms with Gasteiger partial charge >= 0.3 is 59.1 Å². The first kappa shape index (κ1) is 23.5. The van der Waals surface area contributed by atoms with Gasteiger partial charge in [0.05, 0.1) is 0 Å². The molecule has 0 aliphatic heterocycles. The van der Waals surface area contributed by atoms with Gasteiger partial charge in [0, 0.05) is 0 Å². The van der Waals surface area contributed by atoms with E-state index in [9.17, 15) is 0 Å². The molecule has 0 aromatic rings. The van der Waals surface area contributed by atoms with Crippen molar-refractivity contribution in [1.29, 1.82) is 0 Å². The maximum Gasteiger partial charge on any atom is 1.00 e. The summed E-state index contributed by atoms with van der Waals surface area (Å²) in [5.74, 6) is 0. The zero-order valence-electron chi connectivity index (χ0n) is 8.12. The number of rotatable bonds is 12. The molecule has 17 heavy (non-hydrogen) atoms. The molecule has 0 bridgehead atoms. The largest absolute Gasteiger partial charge is 1.00 e. The molecule has 0 radical (unpaired) electrons. The summed E-state index contributed by atoms with van der Waals surface area (Å²) < 4.78 is 0. The molecule has 0 aromatic heterocycles. The van der Waals surface area contributed by atoms with Crippen LogP contribution in [-0.4, -0.2) is 0 Å². The molecule has 15 nitrogen and oxygen atoms in total. The average Bonchev–Trinajstić information content (AvgIpc) is 2.26. The molecule has 0 unspecified atom stereocenters. The van der Waals surface area contributed by atoms with E-state index in [-0.39, 0.29) is 59.1 Å². The Morgan fingerprint density at radius 1 is 0.353 bits per heavy atom. The van der Waals surface area contributed by atoms with Gasteiger partial charge in [0.2, 0.25) is 0 Å². The maximum atomic E-state index is 9.02. The fourth-order valence-electron chi connectivity index (χ4n) is 0.125. The van der Waals surface area contributed by atoms with Crippen molar-refractivity contribution in [2.75, 3.05) is 0 Å². The Balaban J connectivity index is -0.000000980. The zero-order valence-corrected chi connectivity index (χ0v) is 12.1. The molecule has 0 aromatic carbocycles. The van der Waals surface area contributed by atoms with Crippen LogP contribution in [0.3, 0.4) is 0 Å². The smallest absolute Gasteiger partial charge is 0.689 e. The predicted molar refractivity (Wildman–Crippen MR) is 14.1 cm³/mol. The minimum atomic E-state index is 0. The molecule has 0 spiro atoms. The van der Waals surface area contributed by atoms with Crippen molar-refractivity contribution in [3.8, 4) is 0 Å². The Hall–Kier alpha value is 1.40. The van der Waals surface area contributed by atoms with Gasteiger partial charge < -0.3 is 10.5 Å². The van der Waals surface area contributed by atoms with E-state index in [0.29, 0.717) is 0 Å². The standard InChI is InChI=1S/2Na.H2O15/c;;1-3-5-7-9-11-13-15-14-12-10-8-6-4-2/h;;1-2H/q2*+1;/p-2. The van der Waals surface area contributed by atoms with E-state index < -0.39 is 0 Å². The SMILES string of the molecule is [Na+].[Na+].[O-]OOOOOOOOOOOOO[O-].